The Morgan fingerprint density at radius 3 is 2.67 bits per heavy atom. The molecule has 0 saturated carbocycles. The second kappa shape index (κ2) is 5.90. The lowest BCUT2D eigenvalue weighted by atomic mass is 10.1. The van der Waals surface area contributed by atoms with Gasteiger partial charge in [0.15, 0.2) is 5.58 Å². The molecule has 0 unspecified atom stereocenters. The average molecular weight is 311 g/mol. The highest BCUT2D eigenvalue weighted by Gasteiger charge is 2.10. The summed E-state index contributed by atoms with van der Waals surface area (Å²) in [6.45, 7) is 0. The first-order valence-electron chi connectivity index (χ1n) is 7.56. The number of benzene rings is 3. The third-order valence-electron chi connectivity index (χ3n) is 3.81. The van der Waals surface area contributed by atoms with Crippen LogP contribution in [0, 0.1) is 11.3 Å². The molecule has 0 atom stereocenters. The second-order valence-corrected chi connectivity index (χ2v) is 5.33. The standard InChI is InChI=1S/C20H13N3O/c21-12-15(20-23-18-9-3-4-11-19(18)24-20)13-22-17-10-5-7-14-6-1-2-8-16(14)17/h1-11,13,22H. The Bertz CT molecular complexity index is 1060. The van der Waals surface area contributed by atoms with Crippen molar-refractivity contribution in [1.29, 1.82) is 5.26 Å². The van der Waals surface area contributed by atoms with Gasteiger partial charge in [-0.15, -0.1) is 0 Å². The van der Waals surface area contributed by atoms with E-state index in [4.69, 9.17) is 4.42 Å². The van der Waals surface area contributed by atoms with Crippen LogP contribution >= 0.6 is 0 Å². The van der Waals surface area contributed by atoms with Crippen molar-refractivity contribution >= 4 is 33.1 Å². The molecule has 1 aromatic heterocycles. The van der Waals surface area contributed by atoms with Gasteiger partial charge in [-0.25, -0.2) is 4.98 Å². The summed E-state index contributed by atoms with van der Waals surface area (Å²) in [6.07, 6.45) is 1.63. The quantitative estimate of drug-likeness (QED) is 0.543. The van der Waals surface area contributed by atoms with Crippen LogP contribution in [-0.4, -0.2) is 4.98 Å². The molecule has 0 aliphatic carbocycles. The van der Waals surface area contributed by atoms with Crippen molar-refractivity contribution in [1.82, 2.24) is 4.98 Å². The molecule has 4 rings (SSSR count). The van der Waals surface area contributed by atoms with Gasteiger partial charge in [0.05, 0.1) is 0 Å². The zero-order chi connectivity index (χ0) is 16.4. The van der Waals surface area contributed by atoms with Gasteiger partial charge in [0.1, 0.15) is 17.2 Å². The number of oxazole rings is 1. The molecule has 0 aliphatic rings. The summed E-state index contributed by atoms with van der Waals surface area (Å²) in [5.74, 6) is 0.312. The number of para-hydroxylation sites is 2. The predicted octanol–water partition coefficient (Wildman–Crippen LogP) is 4.96. The van der Waals surface area contributed by atoms with E-state index in [9.17, 15) is 5.26 Å². The molecule has 0 aliphatic heterocycles. The van der Waals surface area contributed by atoms with Crippen molar-refractivity contribution in [2.75, 3.05) is 5.32 Å². The van der Waals surface area contributed by atoms with Gasteiger partial charge in [0, 0.05) is 17.3 Å². The molecule has 4 heteroatoms. The van der Waals surface area contributed by atoms with Crippen molar-refractivity contribution in [2.24, 2.45) is 0 Å². The van der Waals surface area contributed by atoms with Gasteiger partial charge < -0.3 is 9.73 Å². The Morgan fingerprint density at radius 1 is 1.00 bits per heavy atom. The smallest absolute Gasteiger partial charge is 0.239 e. The fourth-order valence-corrected chi connectivity index (χ4v) is 2.63. The van der Waals surface area contributed by atoms with E-state index in [1.165, 1.54) is 0 Å². The number of rotatable bonds is 3. The summed E-state index contributed by atoms with van der Waals surface area (Å²) in [6, 6.07) is 23.7. The van der Waals surface area contributed by atoms with Gasteiger partial charge in [-0.3, -0.25) is 0 Å². The second-order valence-electron chi connectivity index (χ2n) is 5.33. The first-order chi connectivity index (χ1) is 11.8. The van der Waals surface area contributed by atoms with E-state index in [0.717, 1.165) is 22.0 Å². The minimum absolute atomic E-state index is 0.312. The number of nitriles is 1. The lowest BCUT2D eigenvalue weighted by Crippen LogP contribution is -1.92. The highest BCUT2D eigenvalue weighted by molar-refractivity contribution is 5.94. The SMILES string of the molecule is N#CC(=CNc1cccc2ccccc12)c1nc2ccccc2o1. The fourth-order valence-electron chi connectivity index (χ4n) is 2.63. The lowest BCUT2D eigenvalue weighted by Gasteiger charge is -2.06. The molecule has 0 radical (unpaired) electrons. The third kappa shape index (κ3) is 2.49. The van der Waals surface area contributed by atoms with Crippen molar-refractivity contribution in [2.45, 2.75) is 0 Å². The molecule has 4 nitrogen and oxygen atoms in total. The molecule has 0 saturated heterocycles. The van der Waals surface area contributed by atoms with Crippen LogP contribution in [0.3, 0.4) is 0 Å². The van der Waals surface area contributed by atoms with Crippen LogP contribution in [0.5, 0.6) is 0 Å². The largest absolute Gasteiger partial charge is 0.435 e. The summed E-state index contributed by atoms with van der Waals surface area (Å²) in [5, 5.41) is 14.9. The van der Waals surface area contributed by atoms with E-state index < -0.39 is 0 Å². The number of allylic oxidation sites excluding steroid dienone is 1. The average Bonchev–Trinajstić information content (AvgIpc) is 3.06. The van der Waals surface area contributed by atoms with Crippen molar-refractivity contribution in [3.63, 3.8) is 0 Å². The highest BCUT2D eigenvalue weighted by atomic mass is 16.3. The molecule has 114 valence electrons. The Kier molecular flexibility index (Phi) is 3.45. The Balaban J connectivity index is 1.71. The minimum Gasteiger partial charge on any atom is -0.435 e. The molecule has 3 aromatic carbocycles. The molecule has 1 N–H and O–H groups in total. The summed E-state index contributed by atoms with van der Waals surface area (Å²) in [4.78, 5) is 4.36. The summed E-state index contributed by atoms with van der Waals surface area (Å²) in [7, 11) is 0. The van der Waals surface area contributed by atoms with Gasteiger partial charge in [-0.2, -0.15) is 5.26 Å². The molecule has 24 heavy (non-hydrogen) atoms. The highest BCUT2D eigenvalue weighted by Crippen LogP contribution is 2.25. The van der Waals surface area contributed by atoms with Crippen molar-refractivity contribution < 1.29 is 4.42 Å². The number of anilines is 1. The van der Waals surface area contributed by atoms with Gasteiger partial charge in [-0.05, 0) is 23.6 Å². The van der Waals surface area contributed by atoms with E-state index in [-0.39, 0.29) is 0 Å². The minimum atomic E-state index is 0.312. The fraction of sp³-hybridized carbons (Fsp3) is 0. The first-order valence-corrected chi connectivity index (χ1v) is 7.56. The Labute approximate surface area is 138 Å². The zero-order valence-corrected chi connectivity index (χ0v) is 12.7. The van der Waals surface area contributed by atoms with Crippen LogP contribution in [0.25, 0.3) is 27.4 Å². The number of nitrogens with one attached hydrogen (secondary N) is 1. The van der Waals surface area contributed by atoms with Crippen molar-refractivity contribution in [3.8, 4) is 6.07 Å². The Hall–Kier alpha value is -3.58. The first kappa shape index (κ1) is 14.0. The number of hydrogen-bond donors (Lipinski definition) is 1. The lowest BCUT2D eigenvalue weighted by molar-refractivity contribution is 0.586. The van der Waals surface area contributed by atoms with E-state index in [1.807, 2.05) is 54.6 Å². The molecular formula is C20H13N3O. The van der Waals surface area contributed by atoms with Crippen LogP contribution in [0.4, 0.5) is 5.69 Å². The molecular weight excluding hydrogens is 298 g/mol. The molecule has 0 spiro atoms. The summed E-state index contributed by atoms with van der Waals surface area (Å²) >= 11 is 0. The van der Waals surface area contributed by atoms with Gasteiger partial charge in [-0.1, -0.05) is 48.5 Å². The monoisotopic (exact) mass is 311 g/mol. The number of fused-ring (bicyclic) bond motifs is 2. The number of aromatic nitrogens is 1. The topological polar surface area (TPSA) is 61.9 Å². The summed E-state index contributed by atoms with van der Waals surface area (Å²) in [5.41, 5.74) is 2.67. The maximum absolute atomic E-state index is 9.44. The number of hydrogen-bond acceptors (Lipinski definition) is 4. The van der Waals surface area contributed by atoms with Crippen LogP contribution in [0.15, 0.2) is 77.3 Å². The van der Waals surface area contributed by atoms with Crippen LogP contribution < -0.4 is 5.32 Å². The Morgan fingerprint density at radius 2 is 1.79 bits per heavy atom. The predicted molar refractivity (Wildman–Crippen MR) is 95.2 cm³/mol. The molecule has 1 heterocycles. The van der Waals surface area contributed by atoms with Gasteiger partial charge >= 0.3 is 0 Å². The van der Waals surface area contributed by atoms with E-state index in [1.54, 1.807) is 6.20 Å². The van der Waals surface area contributed by atoms with Gasteiger partial charge in [0.2, 0.25) is 5.89 Å². The van der Waals surface area contributed by atoms with Gasteiger partial charge in [0.25, 0.3) is 0 Å². The van der Waals surface area contributed by atoms with E-state index in [0.29, 0.717) is 17.0 Å². The van der Waals surface area contributed by atoms with Crippen LogP contribution in [-0.2, 0) is 0 Å². The molecule has 0 fully saturated rings. The maximum atomic E-state index is 9.44. The zero-order valence-electron chi connectivity index (χ0n) is 12.7. The molecule has 0 bridgehead atoms. The van der Waals surface area contributed by atoms with Crippen LogP contribution in [0.2, 0.25) is 0 Å². The maximum Gasteiger partial charge on any atom is 0.239 e. The normalized spacial score (nSPS) is 11.5. The van der Waals surface area contributed by atoms with E-state index in [2.05, 4.69) is 28.5 Å². The van der Waals surface area contributed by atoms with E-state index >= 15 is 0 Å². The molecule has 0 amide bonds. The summed E-state index contributed by atoms with van der Waals surface area (Å²) < 4.78 is 5.66. The van der Waals surface area contributed by atoms with Crippen LogP contribution in [0.1, 0.15) is 5.89 Å². The molecule has 4 aromatic rings. The van der Waals surface area contributed by atoms with Crippen molar-refractivity contribution in [3.05, 3.63) is 78.8 Å². The number of nitrogens with zero attached hydrogens (tertiary/aromatic N) is 2. The third-order valence-corrected chi connectivity index (χ3v) is 3.81.